The first-order chi connectivity index (χ1) is 8.19. The molecule has 0 saturated carbocycles. The van der Waals surface area contributed by atoms with Crippen molar-refractivity contribution in [1.82, 2.24) is 0 Å². The third kappa shape index (κ3) is 3.17. The summed E-state index contributed by atoms with van der Waals surface area (Å²) in [4.78, 5) is 14.0. The van der Waals surface area contributed by atoms with Gasteiger partial charge in [-0.2, -0.15) is 0 Å². The van der Waals surface area contributed by atoms with Crippen LogP contribution >= 0.6 is 27.3 Å². The molecule has 2 aromatic rings. The number of rotatable bonds is 4. The Balaban J connectivity index is 2.08. The van der Waals surface area contributed by atoms with Gasteiger partial charge in [0.1, 0.15) is 6.29 Å². The van der Waals surface area contributed by atoms with E-state index in [0.29, 0.717) is 5.56 Å². The molecule has 88 valence electrons. The van der Waals surface area contributed by atoms with Crippen molar-refractivity contribution in [3.05, 3.63) is 50.6 Å². The fourth-order valence-corrected chi connectivity index (χ4v) is 3.07. The Morgan fingerprint density at radius 1 is 1.35 bits per heavy atom. The van der Waals surface area contributed by atoms with E-state index in [1.807, 2.05) is 31.3 Å². The third-order valence-corrected chi connectivity index (χ3v) is 4.17. The average Bonchev–Trinajstić information content (AvgIpc) is 2.75. The minimum absolute atomic E-state index is 0.709. The standard InChI is InChI=1S/C13H12BrNOS/c1-15(7-13-6-11(14)9-17-13)12-4-2-10(8-16)3-5-12/h2-6,8-9H,7H2,1H3. The maximum Gasteiger partial charge on any atom is 0.150 e. The molecular formula is C13H12BrNOS. The highest BCUT2D eigenvalue weighted by Gasteiger charge is 2.04. The SMILES string of the molecule is CN(Cc1cc(Br)cs1)c1ccc(C=O)cc1. The van der Waals surface area contributed by atoms with Gasteiger partial charge in [0.05, 0.1) is 6.54 Å². The van der Waals surface area contributed by atoms with Gasteiger partial charge in [-0.15, -0.1) is 11.3 Å². The van der Waals surface area contributed by atoms with E-state index in [4.69, 9.17) is 0 Å². The summed E-state index contributed by atoms with van der Waals surface area (Å²) in [6.07, 6.45) is 0.861. The first kappa shape index (κ1) is 12.3. The second kappa shape index (κ2) is 5.47. The molecule has 0 atom stereocenters. The van der Waals surface area contributed by atoms with Crippen LogP contribution in [0.5, 0.6) is 0 Å². The van der Waals surface area contributed by atoms with Crippen molar-refractivity contribution in [3.63, 3.8) is 0 Å². The van der Waals surface area contributed by atoms with Crippen LogP contribution < -0.4 is 4.90 Å². The number of thiophene rings is 1. The number of nitrogens with zero attached hydrogens (tertiary/aromatic N) is 1. The predicted molar refractivity (Wildman–Crippen MR) is 76.0 cm³/mol. The molecular weight excluding hydrogens is 298 g/mol. The number of halogens is 1. The predicted octanol–water partition coefficient (Wildman–Crippen LogP) is 3.96. The fraction of sp³-hybridized carbons (Fsp3) is 0.154. The van der Waals surface area contributed by atoms with Gasteiger partial charge < -0.3 is 4.90 Å². The molecule has 0 bridgehead atoms. The number of benzene rings is 1. The van der Waals surface area contributed by atoms with Crippen LogP contribution in [0.25, 0.3) is 0 Å². The Bertz CT molecular complexity index is 506. The average molecular weight is 310 g/mol. The third-order valence-electron chi connectivity index (χ3n) is 2.48. The van der Waals surface area contributed by atoms with Crippen molar-refractivity contribution in [2.45, 2.75) is 6.54 Å². The molecule has 0 fully saturated rings. The Kier molecular flexibility index (Phi) is 3.97. The molecule has 0 aliphatic rings. The molecule has 0 spiro atoms. The van der Waals surface area contributed by atoms with Crippen molar-refractivity contribution in [2.75, 3.05) is 11.9 Å². The van der Waals surface area contributed by atoms with Gasteiger partial charge in [-0.25, -0.2) is 0 Å². The van der Waals surface area contributed by atoms with Crippen molar-refractivity contribution >= 4 is 39.2 Å². The van der Waals surface area contributed by atoms with Gasteiger partial charge in [0.15, 0.2) is 0 Å². The molecule has 0 amide bonds. The zero-order chi connectivity index (χ0) is 12.3. The van der Waals surface area contributed by atoms with Crippen molar-refractivity contribution < 1.29 is 4.79 Å². The fourth-order valence-electron chi connectivity index (χ4n) is 1.57. The molecule has 0 unspecified atom stereocenters. The summed E-state index contributed by atoms with van der Waals surface area (Å²) in [7, 11) is 2.05. The van der Waals surface area contributed by atoms with E-state index < -0.39 is 0 Å². The van der Waals surface area contributed by atoms with Gasteiger partial charge in [0.2, 0.25) is 0 Å². The molecule has 0 saturated heterocycles. The van der Waals surface area contributed by atoms with E-state index in [1.165, 1.54) is 4.88 Å². The molecule has 0 aliphatic carbocycles. The molecule has 1 heterocycles. The van der Waals surface area contributed by atoms with Gasteiger partial charge in [0.25, 0.3) is 0 Å². The lowest BCUT2D eigenvalue weighted by atomic mass is 10.2. The molecule has 1 aromatic heterocycles. The minimum atomic E-state index is 0.709. The number of carbonyl (C=O) groups is 1. The lowest BCUT2D eigenvalue weighted by Crippen LogP contribution is -2.15. The van der Waals surface area contributed by atoms with Crippen LogP contribution in [0, 0.1) is 0 Å². The smallest absolute Gasteiger partial charge is 0.150 e. The number of anilines is 1. The Morgan fingerprint density at radius 2 is 2.06 bits per heavy atom. The van der Waals surface area contributed by atoms with E-state index in [0.717, 1.165) is 23.0 Å². The van der Waals surface area contributed by atoms with E-state index in [2.05, 4.69) is 32.3 Å². The lowest BCUT2D eigenvalue weighted by molar-refractivity contribution is 0.112. The minimum Gasteiger partial charge on any atom is -0.369 e. The first-order valence-electron chi connectivity index (χ1n) is 5.18. The van der Waals surface area contributed by atoms with E-state index in [1.54, 1.807) is 11.3 Å². The second-order valence-electron chi connectivity index (χ2n) is 3.80. The number of hydrogen-bond acceptors (Lipinski definition) is 3. The molecule has 17 heavy (non-hydrogen) atoms. The van der Waals surface area contributed by atoms with Gasteiger partial charge in [-0.3, -0.25) is 4.79 Å². The van der Waals surface area contributed by atoms with Gasteiger partial charge in [0, 0.05) is 33.0 Å². The first-order valence-corrected chi connectivity index (χ1v) is 6.85. The van der Waals surface area contributed by atoms with Crippen LogP contribution in [0.15, 0.2) is 40.2 Å². The topological polar surface area (TPSA) is 20.3 Å². The zero-order valence-electron chi connectivity index (χ0n) is 9.39. The number of carbonyl (C=O) groups excluding carboxylic acids is 1. The molecule has 2 nitrogen and oxygen atoms in total. The summed E-state index contributed by atoms with van der Waals surface area (Å²) in [6.45, 7) is 0.872. The largest absolute Gasteiger partial charge is 0.369 e. The summed E-state index contributed by atoms with van der Waals surface area (Å²) in [5, 5.41) is 2.08. The molecule has 0 radical (unpaired) electrons. The molecule has 4 heteroatoms. The van der Waals surface area contributed by atoms with Crippen LogP contribution in [0.2, 0.25) is 0 Å². The van der Waals surface area contributed by atoms with Gasteiger partial charge in [-0.1, -0.05) is 0 Å². The highest BCUT2D eigenvalue weighted by molar-refractivity contribution is 9.10. The van der Waals surface area contributed by atoms with Crippen LogP contribution in [0.1, 0.15) is 15.2 Å². The quantitative estimate of drug-likeness (QED) is 0.797. The Morgan fingerprint density at radius 3 is 2.59 bits per heavy atom. The monoisotopic (exact) mass is 309 g/mol. The highest BCUT2D eigenvalue weighted by atomic mass is 79.9. The van der Waals surface area contributed by atoms with Crippen LogP contribution in [0.4, 0.5) is 5.69 Å². The summed E-state index contributed by atoms with van der Waals surface area (Å²) < 4.78 is 1.13. The zero-order valence-corrected chi connectivity index (χ0v) is 11.8. The Hall–Kier alpha value is -1.13. The van der Waals surface area contributed by atoms with Crippen LogP contribution in [0.3, 0.4) is 0 Å². The van der Waals surface area contributed by atoms with E-state index in [9.17, 15) is 4.79 Å². The number of hydrogen-bond donors (Lipinski definition) is 0. The molecule has 0 aliphatic heterocycles. The van der Waals surface area contributed by atoms with Crippen molar-refractivity contribution in [2.24, 2.45) is 0 Å². The second-order valence-corrected chi connectivity index (χ2v) is 5.71. The van der Waals surface area contributed by atoms with E-state index in [-0.39, 0.29) is 0 Å². The molecule has 2 rings (SSSR count). The summed E-state index contributed by atoms with van der Waals surface area (Å²) in [5.74, 6) is 0. The van der Waals surface area contributed by atoms with Crippen LogP contribution in [-0.4, -0.2) is 13.3 Å². The summed E-state index contributed by atoms with van der Waals surface area (Å²) in [6, 6.07) is 9.73. The van der Waals surface area contributed by atoms with Gasteiger partial charge >= 0.3 is 0 Å². The van der Waals surface area contributed by atoms with Crippen molar-refractivity contribution in [1.29, 1.82) is 0 Å². The molecule has 1 aromatic carbocycles. The maximum absolute atomic E-state index is 10.6. The lowest BCUT2D eigenvalue weighted by Gasteiger charge is -2.18. The maximum atomic E-state index is 10.6. The number of aldehydes is 1. The van der Waals surface area contributed by atoms with Crippen LogP contribution in [-0.2, 0) is 6.54 Å². The van der Waals surface area contributed by atoms with Crippen molar-refractivity contribution in [3.8, 4) is 0 Å². The van der Waals surface area contributed by atoms with Gasteiger partial charge in [-0.05, 0) is 46.3 Å². The summed E-state index contributed by atoms with van der Waals surface area (Å²) in [5.41, 5.74) is 1.82. The van der Waals surface area contributed by atoms with E-state index >= 15 is 0 Å². The summed E-state index contributed by atoms with van der Waals surface area (Å²) >= 11 is 5.19. The normalized spacial score (nSPS) is 10.2. The molecule has 0 N–H and O–H groups in total. The Labute approximate surface area is 113 Å². The highest BCUT2D eigenvalue weighted by Crippen LogP contribution is 2.23.